The number of thiophene rings is 1. The molecular formula is C22H28N4OS. The summed E-state index contributed by atoms with van der Waals surface area (Å²) in [4.78, 5) is 14.6. The van der Waals surface area contributed by atoms with Gasteiger partial charge in [-0.1, -0.05) is 18.2 Å². The van der Waals surface area contributed by atoms with Gasteiger partial charge < -0.3 is 15.4 Å². The summed E-state index contributed by atoms with van der Waals surface area (Å²) in [5.41, 5.74) is 8.41. The molecular weight excluding hydrogens is 368 g/mol. The van der Waals surface area contributed by atoms with Gasteiger partial charge in [-0.3, -0.25) is 0 Å². The lowest BCUT2D eigenvalue weighted by atomic mass is 9.88. The van der Waals surface area contributed by atoms with Crippen LogP contribution >= 0.6 is 11.3 Å². The van der Waals surface area contributed by atoms with E-state index in [0.717, 1.165) is 54.6 Å². The molecule has 2 aromatic heterocycles. The molecule has 4 rings (SSSR count). The number of aromatic nitrogens is 2. The second-order valence-corrected chi connectivity index (χ2v) is 8.67. The van der Waals surface area contributed by atoms with Crippen molar-refractivity contribution < 1.29 is 4.74 Å². The molecule has 148 valence electrons. The van der Waals surface area contributed by atoms with Gasteiger partial charge in [-0.05, 0) is 56.3 Å². The van der Waals surface area contributed by atoms with Crippen LogP contribution in [0.4, 0.5) is 5.82 Å². The summed E-state index contributed by atoms with van der Waals surface area (Å²) in [6.07, 6.45) is 2.91. The monoisotopic (exact) mass is 396 g/mol. The van der Waals surface area contributed by atoms with E-state index < -0.39 is 0 Å². The van der Waals surface area contributed by atoms with E-state index in [-0.39, 0.29) is 0 Å². The lowest BCUT2D eigenvalue weighted by molar-refractivity contribution is 0.397. The van der Waals surface area contributed by atoms with Gasteiger partial charge in [0.2, 0.25) is 0 Å². The number of ether oxygens (including phenoxy) is 1. The van der Waals surface area contributed by atoms with Crippen molar-refractivity contribution in [2.45, 2.75) is 39.0 Å². The highest BCUT2D eigenvalue weighted by Gasteiger charge is 2.26. The molecule has 0 aliphatic carbocycles. The van der Waals surface area contributed by atoms with Crippen LogP contribution in [0, 0.1) is 13.8 Å². The summed E-state index contributed by atoms with van der Waals surface area (Å²) >= 11 is 1.76. The first kappa shape index (κ1) is 19.2. The first-order valence-corrected chi connectivity index (χ1v) is 10.8. The zero-order valence-electron chi connectivity index (χ0n) is 16.9. The highest BCUT2D eigenvalue weighted by atomic mass is 32.1. The fraction of sp³-hybridized carbons (Fsp3) is 0.455. The highest BCUT2D eigenvalue weighted by Crippen LogP contribution is 2.39. The van der Waals surface area contributed by atoms with Crippen LogP contribution in [-0.4, -0.2) is 36.7 Å². The Balaban J connectivity index is 1.63. The number of aryl methyl sites for hydroxylation is 2. The number of para-hydroxylation sites is 1. The van der Waals surface area contributed by atoms with Crippen molar-refractivity contribution in [1.29, 1.82) is 0 Å². The van der Waals surface area contributed by atoms with E-state index in [1.165, 1.54) is 21.4 Å². The van der Waals surface area contributed by atoms with Crippen molar-refractivity contribution in [3.63, 3.8) is 0 Å². The van der Waals surface area contributed by atoms with Gasteiger partial charge in [0, 0.05) is 24.4 Å². The quantitative estimate of drug-likeness (QED) is 0.700. The molecule has 5 nitrogen and oxygen atoms in total. The van der Waals surface area contributed by atoms with Crippen molar-refractivity contribution in [2.24, 2.45) is 5.73 Å². The molecule has 0 spiro atoms. The maximum absolute atomic E-state index is 5.78. The van der Waals surface area contributed by atoms with E-state index in [2.05, 4.69) is 36.9 Å². The number of benzene rings is 1. The fourth-order valence-electron chi connectivity index (χ4n) is 4.15. The largest absolute Gasteiger partial charge is 0.496 e. The van der Waals surface area contributed by atoms with Crippen LogP contribution in [0.1, 0.15) is 40.6 Å². The Morgan fingerprint density at radius 3 is 2.64 bits per heavy atom. The van der Waals surface area contributed by atoms with Gasteiger partial charge >= 0.3 is 0 Å². The number of fused-ring (bicyclic) bond motifs is 1. The SMILES string of the molecule is COc1ccccc1C1CCN(c2nc(CCN)nc3sc(C)c(C)c23)CC1. The molecule has 1 fully saturated rings. The molecule has 0 unspecified atom stereocenters. The van der Waals surface area contributed by atoms with Gasteiger partial charge in [-0.15, -0.1) is 11.3 Å². The summed E-state index contributed by atoms with van der Waals surface area (Å²) in [6.45, 7) is 6.91. The molecule has 3 aromatic rings. The van der Waals surface area contributed by atoms with Gasteiger partial charge in [-0.25, -0.2) is 9.97 Å². The third-order valence-electron chi connectivity index (χ3n) is 5.80. The average molecular weight is 397 g/mol. The Bertz CT molecular complexity index is 976. The molecule has 1 saturated heterocycles. The minimum absolute atomic E-state index is 0.526. The second kappa shape index (κ2) is 8.05. The number of rotatable bonds is 5. The van der Waals surface area contributed by atoms with Crippen LogP contribution in [0.25, 0.3) is 10.2 Å². The van der Waals surface area contributed by atoms with Crippen molar-refractivity contribution in [3.8, 4) is 5.75 Å². The number of nitrogens with zero attached hydrogens (tertiary/aromatic N) is 3. The zero-order valence-corrected chi connectivity index (χ0v) is 17.7. The van der Waals surface area contributed by atoms with Gasteiger partial charge in [-0.2, -0.15) is 0 Å². The summed E-state index contributed by atoms with van der Waals surface area (Å²) in [6, 6.07) is 8.41. The Kier molecular flexibility index (Phi) is 5.51. The highest BCUT2D eigenvalue weighted by molar-refractivity contribution is 7.18. The smallest absolute Gasteiger partial charge is 0.141 e. The first-order chi connectivity index (χ1) is 13.6. The molecule has 3 heterocycles. The van der Waals surface area contributed by atoms with E-state index in [1.54, 1.807) is 18.4 Å². The lowest BCUT2D eigenvalue weighted by Gasteiger charge is -2.34. The molecule has 0 bridgehead atoms. The molecule has 0 saturated carbocycles. The summed E-state index contributed by atoms with van der Waals surface area (Å²) < 4.78 is 5.58. The van der Waals surface area contributed by atoms with Crippen LogP contribution in [0.5, 0.6) is 5.75 Å². The van der Waals surface area contributed by atoms with Crippen molar-refractivity contribution >= 4 is 27.4 Å². The molecule has 6 heteroatoms. The summed E-state index contributed by atoms with van der Waals surface area (Å²) in [5, 5.41) is 1.22. The molecule has 1 aliphatic rings. The topological polar surface area (TPSA) is 64.3 Å². The number of anilines is 1. The van der Waals surface area contributed by atoms with Gasteiger partial charge in [0.1, 0.15) is 22.2 Å². The second-order valence-electron chi connectivity index (χ2n) is 7.47. The maximum Gasteiger partial charge on any atom is 0.141 e. The number of hydrogen-bond donors (Lipinski definition) is 1. The minimum Gasteiger partial charge on any atom is -0.496 e. The van der Waals surface area contributed by atoms with E-state index >= 15 is 0 Å². The van der Waals surface area contributed by atoms with Gasteiger partial charge in [0.05, 0.1) is 12.5 Å². The summed E-state index contributed by atoms with van der Waals surface area (Å²) in [7, 11) is 1.76. The predicted molar refractivity (Wildman–Crippen MR) is 117 cm³/mol. The van der Waals surface area contributed by atoms with Crippen molar-refractivity contribution in [2.75, 3.05) is 31.6 Å². The predicted octanol–water partition coefficient (Wildman–Crippen LogP) is 4.20. The lowest BCUT2D eigenvalue weighted by Crippen LogP contribution is -2.34. The number of hydrogen-bond acceptors (Lipinski definition) is 6. The molecule has 28 heavy (non-hydrogen) atoms. The van der Waals surface area contributed by atoms with E-state index in [1.807, 2.05) is 6.07 Å². The average Bonchev–Trinajstić information content (AvgIpc) is 3.01. The van der Waals surface area contributed by atoms with Gasteiger partial charge in [0.25, 0.3) is 0 Å². The molecule has 1 aliphatic heterocycles. The molecule has 0 atom stereocenters. The number of piperidine rings is 1. The number of methoxy groups -OCH3 is 1. The fourth-order valence-corrected chi connectivity index (χ4v) is 5.19. The van der Waals surface area contributed by atoms with Gasteiger partial charge in [0.15, 0.2) is 0 Å². The third kappa shape index (κ3) is 3.47. The molecule has 2 N–H and O–H groups in total. The van der Waals surface area contributed by atoms with Crippen LogP contribution in [0.3, 0.4) is 0 Å². The van der Waals surface area contributed by atoms with Crippen LogP contribution in [-0.2, 0) is 6.42 Å². The Morgan fingerprint density at radius 2 is 1.93 bits per heavy atom. The van der Waals surface area contributed by atoms with E-state index in [0.29, 0.717) is 12.5 Å². The Morgan fingerprint density at radius 1 is 1.18 bits per heavy atom. The van der Waals surface area contributed by atoms with Crippen LogP contribution in [0.15, 0.2) is 24.3 Å². The normalized spacial score (nSPS) is 15.4. The molecule has 1 aromatic carbocycles. The maximum atomic E-state index is 5.78. The van der Waals surface area contributed by atoms with Crippen molar-refractivity contribution in [3.05, 3.63) is 46.1 Å². The zero-order chi connectivity index (χ0) is 19.7. The van der Waals surface area contributed by atoms with Crippen molar-refractivity contribution in [1.82, 2.24) is 9.97 Å². The molecule has 0 amide bonds. The van der Waals surface area contributed by atoms with E-state index in [4.69, 9.17) is 20.4 Å². The van der Waals surface area contributed by atoms with E-state index in [9.17, 15) is 0 Å². The molecule has 0 radical (unpaired) electrons. The first-order valence-electron chi connectivity index (χ1n) is 9.97. The number of nitrogens with two attached hydrogens (primary N) is 1. The van der Waals surface area contributed by atoms with Crippen LogP contribution in [0.2, 0.25) is 0 Å². The minimum atomic E-state index is 0.526. The van der Waals surface area contributed by atoms with Crippen LogP contribution < -0.4 is 15.4 Å². The Labute approximate surface area is 170 Å². The Hall–Kier alpha value is -2.18. The summed E-state index contributed by atoms with van der Waals surface area (Å²) in [5.74, 6) is 3.48. The standard InChI is InChI=1S/C22H28N4OS/c1-14-15(2)28-22-20(14)21(24-19(25-22)8-11-23)26-12-9-16(10-13-26)17-6-4-5-7-18(17)27-3/h4-7,16H,8-13,23H2,1-3H3. The third-order valence-corrected chi connectivity index (χ3v) is 6.90.